The number of carbonyl (C=O) groups excluding carboxylic acids is 2. The van der Waals surface area contributed by atoms with Crippen molar-refractivity contribution in [2.75, 3.05) is 11.4 Å². The second kappa shape index (κ2) is 8.03. The number of nitrogens with one attached hydrogen (secondary N) is 1. The summed E-state index contributed by atoms with van der Waals surface area (Å²) in [4.78, 5) is 27.3. The number of amides is 2. The molecule has 1 unspecified atom stereocenters. The second-order valence-corrected chi connectivity index (χ2v) is 7.58. The van der Waals surface area contributed by atoms with Crippen molar-refractivity contribution < 1.29 is 9.59 Å². The molecular formula is C21H30N2O2. The van der Waals surface area contributed by atoms with E-state index in [9.17, 15) is 9.59 Å². The molecule has 0 saturated heterocycles. The Morgan fingerprint density at radius 2 is 1.80 bits per heavy atom. The van der Waals surface area contributed by atoms with Gasteiger partial charge in [-0.1, -0.05) is 31.5 Å². The van der Waals surface area contributed by atoms with E-state index in [1.54, 1.807) is 0 Å². The van der Waals surface area contributed by atoms with E-state index in [-0.39, 0.29) is 29.7 Å². The Morgan fingerprint density at radius 3 is 2.52 bits per heavy atom. The first-order valence-electron chi connectivity index (χ1n) is 9.80. The number of unbranched alkanes of at least 4 members (excludes halogenated alkanes) is 1. The maximum Gasteiger partial charge on any atom is 0.230 e. The van der Waals surface area contributed by atoms with Crippen molar-refractivity contribution in [3.8, 4) is 0 Å². The lowest BCUT2D eigenvalue weighted by atomic mass is 9.80. The molecule has 2 amide bonds. The molecular weight excluding hydrogens is 312 g/mol. The van der Waals surface area contributed by atoms with Crippen LogP contribution in [0.2, 0.25) is 0 Å². The zero-order chi connectivity index (χ0) is 17.8. The van der Waals surface area contributed by atoms with E-state index in [1.165, 1.54) is 5.56 Å². The Kier molecular flexibility index (Phi) is 5.77. The minimum Gasteiger partial charge on any atom is -0.356 e. The lowest BCUT2D eigenvalue weighted by molar-refractivity contribution is -0.129. The zero-order valence-electron chi connectivity index (χ0n) is 15.5. The largest absolute Gasteiger partial charge is 0.356 e. The van der Waals surface area contributed by atoms with Crippen molar-refractivity contribution in [3.05, 3.63) is 29.8 Å². The van der Waals surface area contributed by atoms with Crippen LogP contribution in [-0.4, -0.2) is 24.4 Å². The molecule has 1 fully saturated rings. The molecule has 1 aliphatic carbocycles. The maximum atomic E-state index is 13.1. The molecule has 1 atom stereocenters. The maximum absolute atomic E-state index is 13.1. The van der Waals surface area contributed by atoms with E-state index in [0.717, 1.165) is 57.2 Å². The minimum absolute atomic E-state index is 0.0632. The van der Waals surface area contributed by atoms with Gasteiger partial charge in [0.05, 0.1) is 0 Å². The summed E-state index contributed by atoms with van der Waals surface area (Å²) in [5.41, 5.74) is 2.35. The standard InChI is InChI=1S/C21H30N2O2/c1-3-4-13-22-20(24)16-9-11-17(12-10-16)21(25)23-15(2)14-18-7-5-6-8-19(18)23/h5-8,15-17H,3-4,9-14H2,1-2H3,(H,22,24). The normalized spacial score (nSPS) is 25.5. The molecule has 1 heterocycles. The van der Waals surface area contributed by atoms with Gasteiger partial charge in [-0.15, -0.1) is 0 Å². The lowest BCUT2D eigenvalue weighted by Gasteiger charge is -2.32. The van der Waals surface area contributed by atoms with Crippen LogP contribution in [0.1, 0.15) is 57.9 Å². The van der Waals surface area contributed by atoms with Crippen molar-refractivity contribution in [1.29, 1.82) is 0 Å². The Labute approximate surface area is 151 Å². The molecule has 3 rings (SSSR count). The average molecular weight is 342 g/mol. The number of rotatable bonds is 5. The number of benzene rings is 1. The quantitative estimate of drug-likeness (QED) is 0.830. The first-order valence-corrected chi connectivity index (χ1v) is 9.80. The number of hydrogen-bond acceptors (Lipinski definition) is 2. The number of anilines is 1. The van der Waals surface area contributed by atoms with Gasteiger partial charge in [0.25, 0.3) is 0 Å². The van der Waals surface area contributed by atoms with Crippen LogP contribution in [0, 0.1) is 11.8 Å². The van der Waals surface area contributed by atoms with Gasteiger partial charge in [-0.3, -0.25) is 9.59 Å². The highest BCUT2D eigenvalue weighted by atomic mass is 16.2. The summed E-state index contributed by atoms with van der Waals surface area (Å²) in [6.45, 7) is 5.03. The molecule has 0 aromatic heterocycles. The SMILES string of the molecule is CCCCNC(=O)C1CCC(C(=O)N2c3ccccc3CC2C)CC1. The van der Waals surface area contributed by atoms with Gasteiger partial charge < -0.3 is 10.2 Å². The van der Waals surface area contributed by atoms with Crippen LogP contribution in [0.4, 0.5) is 5.69 Å². The van der Waals surface area contributed by atoms with Crippen LogP contribution >= 0.6 is 0 Å². The fourth-order valence-electron chi connectivity index (χ4n) is 4.23. The third-order valence-corrected chi connectivity index (χ3v) is 5.72. The monoisotopic (exact) mass is 342 g/mol. The van der Waals surface area contributed by atoms with Crippen LogP contribution in [0.3, 0.4) is 0 Å². The minimum atomic E-state index is 0.0632. The third kappa shape index (κ3) is 3.88. The molecule has 136 valence electrons. The van der Waals surface area contributed by atoms with E-state index in [4.69, 9.17) is 0 Å². The summed E-state index contributed by atoms with van der Waals surface area (Å²) in [5.74, 6) is 0.582. The molecule has 1 aliphatic heterocycles. The van der Waals surface area contributed by atoms with Gasteiger partial charge in [-0.2, -0.15) is 0 Å². The highest BCUT2D eigenvalue weighted by Crippen LogP contribution is 2.36. The van der Waals surface area contributed by atoms with Gasteiger partial charge >= 0.3 is 0 Å². The fraction of sp³-hybridized carbons (Fsp3) is 0.619. The summed E-state index contributed by atoms with van der Waals surface area (Å²) in [6.07, 6.45) is 6.39. The van der Waals surface area contributed by atoms with Gasteiger partial charge in [0.2, 0.25) is 11.8 Å². The predicted octanol–water partition coefficient (Wildman–Crippen LogP) is 3.69. The van der Waals surface area contributed by atoms with Crippen molar-refractivity contribution in [2.45, 2.75) is 64.8 Å². The van der Waals surface area contributed by atoms with Gasteiger partial charge in [-0.25, -0.2) is 0 Å². The third-order valence-electron chi connectivity index (χ3n) is 5.72. The molecule has 0 spiro atoms. The summed E-state index contributed by atoms with van der Waals surface area (Å²) in [7, 11) is 0. The second-order valence-electron chi connectivity index (χ2n) is 7.58. The molecule has 4 nitrogen and oxygen atoms in total. The van der Waals surface area contributed by atoms with Crippen molar-refractivity contribution >= 4 is 17.5 Å². The lowest BCUT2D eigenvalue weighted by Crippen LogP contribution is -2.42. The Hall–Kier alpha value is -1.84. The number of fused-ring (bicyclic) bond motifs is 1. The van der Waals surface area contributed by atoms with Crippen LogP contribution < -0.4 is 10.2 Å². The van der Waals surface area contributed by atoms with Crippen LogP contribution in [0.25, 0.3) is 0 Å². The van der Waals surface area contributed by atoms with E-state index in [0.29, 0.717) is 0 Å². The highest BCUT2D eigenvalue weighted by molar-refractivity contribution is 5.97. The molecule has 2 aliphatic rings. The Bertz CT molecular complexity index is 620. The van der Waals surface area contributed by atoms with Crippen LogP contribution in [-0.2, 0) is 16.0 Å². The first-order chi connectivity index (χ1) is 12.1. The fourth-order valence-corrected chi connectivity index (χ4v) is 4.23. The highest BCUT2D eigenvalue weighted by Gasteiger charge is 2.37. The average Bonchev–Trinajstić information content (AvgIpc) is 2.97. The van der Waals surface area contributed by atoms with Gasteiger partial charge in [-0.05, 0) is 57.1 Å². The molecule has 0 radical (unpaired) electrons. The number of hydrogen-bond donors (Lipinski definition) is 1. The van der Waals surface area contributed by atoms with Gasteiger partial charge in [0.1, 0.15) is 0 Å². The van der Waals surface area contributed by atoms with Crippen molar-refractivity contribution in [2.24, 2.45) is 11.8 Å². The van der Waals surface area contributed by atoms with Crippen LogP contribution in [0.15, 0.2) is 24.3 Å². The number of para-hydroxylation sites is 1. The molecule has 1 aromatic rings. The zero-order valence-corrected chi connectivity index (χ0v) is 15.5. The van der Waals surface area contributed by atoms with E-state index >= 15 is 0 Å². The van der Waals surface area contributed by atoms with E-state index in [1.807, 2.05) is 17.0 Å². The number of carbonyl (C=O) groups is 2. The van der Waals surface area contributed by atoms with Gasteiger partial charge in [0, 0.05) is 30.1 Å². The summed E-state index contributed by atoms with van der Waals surface area (Å²) >= 11 is 0. The molecule has 1 N–H and O–H groups in total. The summed E-state index contributed by atoms with van der Waals surface area (Å²) < 4.78 is 0. The topological polar surface area (TPSA) is 49.4 Å². The van der Waals surface area contributed by atoms with Gasteiger partial charge in [0.15, 0.2) is 0 Å². The predicted molar refractivity (Wildman–Crippen MR) is 100 cm³/mol. The first kappa shape index (κ1) is 18.0. The van der Waals surface area contributed by atoms with Crippen molar-refractivity contribution in [1.82, 2.24) is 5.32 Å². The summed E-state index contributed by atoms with van der Waals surface area (Å²) in [5, 5.41) is 3.04. The van der Waals surface area contributed by atoms with E-state index in [2.05, 4.69) is 31.3 Å². The Balaban J connectivity index is 1.56. The molecule has 0 bridgehead atoms. The van der Waals surface area contributed by atoms with Crippen molar-refractivity contribution in [3.63, 3.8) is 0 Å². The van der Waals surface area contributed by atoms with Crippen LogP contribution in [0.5, 0.6) is 0 Å². The Morgan fingerprint density at radius 1 is 1.12 bits per heavy atom. The molecule has 4 heteroatoms. The molecule has 25 heavy (non-hydrogen) atoms. The van der Waals surface area contributed by atoms with E-state index < -0.39 is 0 Å². The smallest absolute Gasteiger partial charge is 0.230 e. The molecule has 1 aromatic carbocycles. The summed E-state index contributed by atoms with van der Waals surface area (Å²) in [6, 6.07) is 8.47. The number of nitrogens with zero attached hydrogens (tertiary/aromatic N) is 1. The molecule has 1 saturated carbocycles.